The Hall–Kier alpha value is -4.08. The highest BCUT2D eigenvalue weighted by molar-refractivity contribution is 5.69. The molecule has 1 saturated heterocycles. The molecule has 9 heteroatoms. The lowest BCUT2D eigenvalue weighted by atomic mass is 9.93. The van der Waals surface area contributed by atoms with Gasteiger partial charge in [0.05, 0.1) is 19.7 Å². The summed E-state index contributed by atoms with van der Waals surface area (Å²) < 4.78 is 4.69. The Labute approximate surface area is 235 Å². The summed E-state index contributed by atoms with van der Waals surface area (Å²) >= 11 is 0. The topological polar surface area (TPSA) is 96.6 Å². The summed E-state index contributed by atoms with van der Waals surface area (Å²) in [4.78, 5) is 17.9. The van der Waals surface area contributed by atoms with E-state index in [-0.39, 0.29) is 17.8 Å². The van der Waals surface area contributed by atoms with Gasteiger partial charge in [0, 0.05) is 44.2 Å². The molecule has 4 aromatic rings. The molecule has 208 valence electrons. The fraction of sp³-hybridized carbons (Fsp3) is 0.355. The number of carbonyl (C=O) groups excluding carboxylic acids is 1. The van der Waals surface area contributed by atoms with Crippen LogP contribution in [0.1, 0.15) is 42.5 Å². The first-order valence-corrected chi connectivity index (χ1v) is 13.8. The van der Waals surface area contributed by atoms with Gasteiger partial charge in [-0.2, -0.15) is 4.80 Å². The van der Waals surface area contributed by atoms with Crippen LogP contribution in [0.15, 0.2) is 78.9 Å². The first kappa shape index (κ1) is 27.5. The highest BCUT2D eigenvalue weighted by atomic mass is 16.5. The monoisotopic (exact) mass is 540 g/mol. The van der Waals surface area contributed by atoms with E-state index in [1.165, 1.54) is 17.5 Å². The Bertz CT molecular complexity index is 1390. The zero-order valence-corrected chi connectivity index (χ0v) is 23.1. The number of nitrogens with zero attached hydrogens (tertiary/aromatic N) is 6. The zero-order chi connectivity index (χ0) is 27.9. The van der Waals surface area contributed by atoms with Crippen molar-refractivity contribution >= 4 is 5.97 Å². The molecule has 1 aliphatic rings. The van der Waals surface area contributed by atoms with Crippen molar-refractivity contribution in [2.24, 2.45) is 0 Å². The van der Waals surface area contributed by atoms with Gasteiger partial charge in [-0.05, 0) is 47.4 Å². The van der Waals surface area contributed by atoms with Crippen LogP contribution in [0, 0.1) is 0 Å². The number of methoxy groups -OCH3 is 1. The van der Waals surface area contributed by atoms with E-state index < -0.39 is 0 Å². The molecule has 2 heterocycles. The number of rotatable bonds is 10. The van der Waals surface area contributed by atoms with Crippen LogP contribution < -0.4 is 0 Å². The average molecular weight is 541 g/mol. The van der Waals surface area contributed by atoms with E-state index in [2.05, 4.69) is 85.4 Å². The van der Waals surface area contributed by atoms with Crippen molar-refractivity contribution in [1.82, 2.24) is 30.0 Å². The molecule has 0 unspecified atom stereocenters. The van der Waals surface area contributed by atoms with Gasteiger partial charge in [0.25, 0.3) is 0 Å². The number of esters is 1. The van der Waals surface area contributed by atoms with Gasteiger partial charge < -0.3 is 9.84 Å². The van der Waals surface area contributed by atoms with Gasteiger partial charge in [0.15, 0.2) is 0 Å². The van der Waals surface area contributed by atoms with E-state index in [0.717, 1.165) is 42.9 Å². The molecule has 3 aromatic carbocycles. The van der Waals surface area contributed by atoms with Crippen molar-refractivity contribution in [3.8, 4) is 17.1 Å². The summed E-state index contributed by atoms with van der Waals surface area (Å²) in [6, 6.07) is 26.8. The number of aromatic hydroxyl groups is 1. The third kappa shape index (κ3) is 6.73. The highest BCUT2D eigenvalue weighted by Gasteiger charge is 2.31. The number of carbonyl (C=O) groups is 1. The number of phenolic OH excluding ortho intramolecular Hbond substituents is 1. The van der Waals surface area contributed by atoms with Crippen LogP contribution in [0.5, 0.6) is 5.75 Å². The maximum Gasteiger partial charge on any atom is 0.305 e. The lowest BCUT2D eigenvalue weighted by Gasteiger charge is -2.44. The number of aromatic nitrogens is 4. The number of aryl methyl sites for hydroxylation is 1. The molecule has 2 atom stereocenters. The van der Waals surface area contributed by atoms with Crippen LogP contribution in [0.4, 0.5) is 0 Å². The van der Waals surface area contributed by atoms with E-state index in [1.54, 1.807) is 6.07 Å². The average Bonchev–Trinajstić information content (AvgIpc) is 3.44. The molecule has 0 radical (unpaired) electrons. The predicted octanol–water partition coefficient (Wildman–Crippen LogP) is 4.29. The maximum absolute atomic E-state index is 11.4. The van der Waals surface area contributed by atoms with Crippen LogP contribution in [0.3, 0.4) is 0 Å². The molecule has 1 aliphatic heterocycles. The van der Waals surface area contributed by atoms with Crippen LogP contribution in [-0.4, -0.2) is 73.9 Å². The standard InChI is InChI=1S/C31H36N6O3/c1-23-21-35(22-24-8-4-3-5-9-24)18-19-36(23)30(27-10-6-11-28(38)20-27)25-13-15-26(16-14-25)31-32-34-37(33-31)17-7-12-29(39)40-2/h3-6,8-11,13-16,20,23,30,38H,7,12,17-19,21-22H2,1-2H3/t23-,30+/m0/s1. The SMILES string of the molecule is COC(=O)CCCn1nnc(-c2ccc([C@H](c3cccc(O)c3)N3CCN(Cc4ccccc4)C[C@@H]3C)cc2)n1. The summed E-state index contributed by atoms with van der Waals surface area (Å²) in [5, 5.41) is 23.1. The third-order valence-electron chi connectivity index (χ3n) is 7.43. The summed E-state index contributed by atoms with van der Waals surface area (Å²) in [5.74, 6) is 0.563. The van der Waals surface area contributed by atoms with E-state index >= 15 is 0 Å². The lowest BCUT2D eigenvalue weighted by Crippen LogP contribution is -2.52. The van der Waals surface area contributed by atoms with E-state index in [1.807, 2.05) is 24.3 Å². The van der Waals surface area contributed by atoms with Crippen LogP contribution in [0.25, 0.3) is 11.4 Å². The maximum atomic E-state index is 11.4. The van der Waals surface area contributed by atoms with Crippen molar-refractivity contribution in [2.75, 3.05) is 26.7 Å². The molecule has 0 saturated carbocycles. The van der Waals surface area contributed by atoms with Gasteiger partial charge in [0.2, 0.25) is 5.82 Å². The van der Waals surface area contributed by atoms with Gasteiger partial charge in [-0.25, -0.2) is 0 Å². The second-order valence-electron chi connectivity index (χ2n) is 10.3. The molecule has 0 bridgehead atoms. The van der Waals surface area contributed by atoms with Crippen molar-refractivity contribution in [2.45, 2.75) is 44.9 Å². The summed E-state index contributed by atoms with van der Waals surface area (Å²) in [7, 11) is 1.38. The number of benzene rings is 3. The van der Waals surface area contributed by atoms with Gasteiger partial charge in [-0.3, -0.25) is 14.6 Å². The van der Waals surface area contributed by atoms with E-state index in [4.69, 9.17) is 0 Å². The fourth-order valence-corrected chi connectivity index (χ4v) is 5.42. The molecule has 1 aromatic heterocycles. The number of hydrogen-bond donors (Lipinski definition) is 1. The zero-order valence-electron chi connectivity index (χ0n) is 23.1. The van der Waals surface area contributed by atoms with Gasteiger partial charge >= 0.3 is 5.97 Å². The molecule has 9 nitrogen and oxygen atoms in total. The van der Waals surface area contributed by atoms with Gasteiger partial charge in [0.1, 0.15) is 5.75 Å². The minimum atomic E-state index is -0.246. The van der Waals surface area contributed by atoms with Crippen molar-refractivity contribution < 1.29 is 14.6 Å². The number of phenols is 1. The fourth-order valence-electron chi connectivity index (χ4n) is 5.42. The molecule has 1 N–H and O–H groups in total. The predicted molar refractivity (Wildman–Crippen MR) is 152 cm³/mol. The van der Waals surface area contributed by atoms with Crippen molar-refractivity contribution in [3.63, 3.8) is 0 Å². The molecule has 0 aliphatic carbocycles. The Kier molecular flexibility index (Phi) is 8.83. The third-order valence-corrected chi connectivity index (χ3v) is 7.43. The number of ether oxygens (including phenoxy) is 1. The normalized spacial score (nSPS) is 17.0. The van der Waals surface area contributed by atoms with Crippen molar-refractivity contribution in [3.05, 3.63) is 95.6 Å². The van der Waals surface area contributed by atoms with Crippen LogP contribution >= 0.6 is 0 Å². The molecular weight excluding hydrogens is 504 g/mol. The number of tetrazole rings is 1. The number of piperazine rings is 1. The van der Waals surface area contributed by atoms with Crippen LogP contribution in [-0.2, 0) is 22.6 Å². The number of hydrogen-bond acceptors (Lipinski definition) is 8. The van der Waals surface area contributed by atoms with Gasteiger partial charge in [-0.15, -0.1) is 10.2 Å². The summed E-state index contributed by atoms with van der Waals surface area (Å²) in [6.07, 6.45) is 0.904. The Morgan fingerprint density at radius 2 is 1.82 bits per heavy atom. The molecule has 5 rings (SSSR count). The van der Waals surface area contributed by atoms with E-state index in [9.17, 15) is 9.90 Å². The van der Waals surface area contributed by atoms with Gasteiger partial charge in [-0.1, -0.05) is 66.7 Å². The summed E-state index contributed by atoms with van der Waals surface area (Å²) in [5.41, 5.74) is 4.41. The highest BCUT2D eigenvalue weighted by Crippen LogP contribution is 2.34. The lowest BCUT2D eigenvalue weighted by molar-refractivity contribution is -0.140. The smallest absolute Gasteiger partial charge is 0.305 e. The van der Waals surface area contributed by atoms with E-state index in [0.29, 0.717) is 31.3 Å². The Morgan fingerprint density at radius 3 is 2.55 bits per heavy atom. The minimum Gasteiger partial charge on any atom is -0.508 e. The second-order valence-corrected chi connectivity index (χ2v) is 10.3. The molecule has 0 amide bonds. The molecular formula is C31H36N6O3. The molecule has 0 spiro atoms. The van der Waals surface area contributed by atoms with Crippen LogP contribution in [0.2, 0.25) is 0 Å². The molecule has 40 heavy (non-hydrogen) atoms. The first-order chi connectivity index (χ1) is 19.5. The Morgan fingerprint density at radius 1 is 1.02 bits per heavy atom. The Balaban J connectivity index is 1.32. The minimum absolute atomic E-state index is 0.00279. The largest absolute Gasteiger partial charge is 0.508 e. The molecule has 1 fully saturated rings. The quantitative estimate of drug-likeness (QED) is 0.298. The second kappa shape index (κ2) is 12.8. The summed E-state index contributed by atoms with van der Waals surface area (Å²) in [6.45, 7) is 6.57. The van der Waals surface area contributed by atoms with Crippen molar-refractivity contribution in [1.29, 1.82) is 0 Å². The first-order valence-electron chi connectivity index (χ1n) is 13.8.